The lowest BCUT2D eigenvalue weighted by atomic mass is 9.94. The first-order valence-electron chi connectivity index (χ1n) is 5.93. The van der Waals surface area contributed by atoms with Crippen molar-refractivity contribution >= 4 is 17.4 Å². The third-order valence-corrected chi connectivity index (χ3v) is 3.86. The molecule has 0 amide bonds. The zero-order valence-corrected chi connectivity index (χ0v) is 9.95. The van der Waals surface area contributed by atoms with Crippen LogP contribution in [-0.4, -0.2) is 30.7 Å². The number of fused-ring (bicyclic) bond motifs is 1. The first-order chi connectivity index (χ1) is 7.83. The van der Waals surface area contributed by atoms with E-state index in [2.05, 4.69) is 15.2 Å². The maximum Gasteiger partial charge on any atom is 0.128 e. The molecule has 2 fully saturated rings. The third-order valence-electron chi connectivity index (χ3n) is 3.64. The van der Waals surface area contributed by atoms with E-state index in [0.717, 1.165) is 24.8 Å². The van der Waals surface area contributed by atoms with Crippen LogP contribution in [0.5, 0.6) is 0 Å². The highest BCUT2D eigenvalue weighted by Gasteiger charge is 2.34. The molecule has 0 spiro atoms. The zero-order chi connectivity index (χ0) is 11.0. The van der Waals surface area contributed by atoms with Crippen LogP contribution in [0.1, 0.15) is 12.8 Å². The Morgan fingerprint density at radius 1 is 1.38 bits per heavy atom. The van der Waals surface area contributed by atoms with Gasteiger partial charge in [0.2, 0.25) is 0 Å². The molecule has 3 rings (SSSR count). The fourth-order valence-corrected chi connectivity index (χ4v) is 2.90. The fraction of sp³-hybridized carbons (Fsp3) is 0.583. The summed E-state index contributed by atoms with van der Waals surface area (Å²) in [6.07, 6.45) is 4.39. The number of halogens is 1. The molecule has 0 radical (unpaired) electrons. The highest BCUT2D eigenvalue weighted by atomic mass is 35.5. The summed E-state index contributed by atoms with van der Waals surface area (Å²) < 4.78 is 0. The van der Waals surface area contributed by atoms with Crippen molar-refractivity contribution in [2.24, 2.45) is 5.92 Å². The lowest BCUT2D eigenvalue weighted by Gasteiger charge is -2.24. The van der Waals surface area contributed by atoms with Crippen molar-refractivity contribution < 1.29 is 0 Å². The first kappa shape index (κ1) is 10.4. The van der Waals surface area contributed by atoms with Crippen molar-refractivity contribution in [1.29, 1.82) is 0 Å². The summed E-state index contributed by atoms with van der Waals surface area (Å²) >= 11 is 5.85. The van der Waals surface area contributed by atoms with Gasteiger partial charge >= 0.3 is 0 Å². The van der Waals surface area contributed by atoms with Gasteiger partial charge in [-0.25, -0.2) is 4.98 Å². The highest BCUT2D eigenvalue weighted by Crippen LogP contribution is 2.28. The number of nitrogens with zero attached hydrogens (tertiary/aromatic N) is 2. The zero-order valence-electron chi connectivity index (χ0n) is 9.19. The minimum absolute atomic E-state index is 0.659. The van der Waals surface area contributed by atoms with Crippen LogP contribution in [0.3, 0.4) is 0 Å². The molecule has 2 saturated heterocycles. The van der Waals surface area contributed by atoms with Gasteiger partial charge in [0.1, 0.15) is 5.82 Å². The molecule has 2 atom stereocenters. The van der Waals surface area contributed by atoms with Crippen molar-refractivity contribution in [1.82, 2.24) is 10.3 Å². The van der Waals surface area contributed by atoms with E-state index < -0.39 is 0 Å². The van der Waals surface area contributed by atoms with Crippen LogP contribution in [0, 0.1) is 5.92 Å². The number of hydrogen-bond acceptors (Lipinski definition) is 3. The van der Waals surface area contributed by atoms with Gasteiger partial charge in [0.05, 0.1) is 5.02 Å². The Balaban J connectivity index is 1.75. The molecule has 3 nitrogen and oxygen atoms in total. The Kier molecular flexibility index (Phi) is 2.74. The van der Waals surface area contributed by atoms with Gasteiger partial charge < -0.3 is 10.2 Å². The van der Waals surface area contributed by atoms with E-state index in [4.69, 9.17) is 11.6 Å². The van der Waals surface area contributed by atoms with Crippen LogP contribution in [0.25, 0.3) is 0 Å². The lowest BCUT2D eigenvalue weighted by molar-refractivity contribution is 0.340. The summed E-state index contributed by atoms with van der Waals surface area (Å²) in [4.78, 5) is 6.75. The summed E-state index contributed by atoms with van der Waals surface area (Å²) in [5, 5.41) is 4.30. The number of aromatic nitrogens is 1. The van der Waals surface area contributed by atoms with Crippen LogP contribution in [0.4, 0.5) is 5.82 Å². The van der Waals surface area contributed by atoms with E-state index in [1.807, 2.05) is 12.1 Å². The number of hydrogen-bond donors (Lipinski definition) is 1. The SMILES string of the molecule is Clc1ccc(N2C[C@@H]3CCCN[C@@H]3C2)nc1. The van der Waals surface area contributed by atoms with Gasteiger partial charge in [-0.15, -0.1) is 0 Å². The number of piperidine rings is 1. The number of anilines is 1. The highest BCUT2D eigenvalue weighted by molar-refractivity contribution is 6.30. The monoisotopic (exact) mass is 237 g/mol. The standard InChI is InChI=1S/C12H16ClN3/c13-10-3-4-12(15-6-10)16-7-9-2-1-5-14-11(9)8-16/h3-4,6,9,11,14H,1-2,5,7-8H2/t9-,11+/m0/s1. The molecule has 4 heteroatoms. The lowest BCUT2D eigenvalue weighted by Crippen LogP contribution is -2.40. The molecule has 0 saturated carbocycles. The van der Waals surface area contributed by atoms with E-state index in [9.17, 15) is 0 Å². The summed E-state index contributed by atoms with van der Waals surface area (Å²) in [6, 6.07) is 4.59. The Morgan fingerprint density at radius 2 is 2.31 bits per heavy atom. The second-order valence-electron chi connectivity index (χ2n) is 4.70. The van der Waals surface area contributed by atoms with E-state index >= 15 is 0 Å². The molecular formula is C12H16ClN3. The van der Waals surface area contributed by atoms with E-state index in [-0.39, 0.29) is 0 Å². The Hall–Kier alpha value is -0.800. The molecule has 0 unspecified atom stereocenters. The molecule has 1 aromatic heterocycles. The van der Waals surface area contributed by atoms with Crippen molar-refractivity contribution in [2.75, 3.05) is 24.5 Å². The molecule has 2 aliphatic heterocycles. The molecule has 86 valence electrons. The van der Waals surface area contributed by atoms with Crippen LogP contribution >= 0.6 is 11.6 Å². The summed E-state index contributed by atoms with van der Waals surface area (Å²) in [6.45, 7) is 3.38. The molecule has 1 N–H and O–H groups in total. The van der Waals surface area contributed by atoms with Crippen LogP contribution in [0.15, 0.2) is 18.3 Å². The quantitative estimate of drug-likeness (QED) is 0.809. The van der Waals surface area contributed by atoms with Crippen molar-refractivity contribution in [3.8, 4) is 0 Å². The number of rotatable bonds is 1. The van der Waals surface area contributed by atoms with Crippen molar-refractivity contribution in [2.45, 2.75) is 18.9 Å². The van der Waals surface area contributed by atoms with Crippen molar-refractivity contribution in [3.05, 3.63) is 23.4 Å². The van der Waals surface area contributed by atoms with Gasteiger partial charge in [0, 0.05) is 25.3 Å². The Bertz CT molecular complexity index is 351. The maximum absolute atomic E-state index is 5.85. The molecule has 0 bridgehead atoms. The average Bonchev–Trinajstić information content (AvgIpc) is 2.73. The minimum Gasteiger partial charge on any atom is -0.355 e. The molecule has 0 aromatic carbocycles. The van der Waals surface area contributed by atoms with Gasteiger partial charge in [-0.05, 0) is 37.4 Å². The van der Waals surface area contributed by atoms with Gasteiger partial charge in [-0.3, -0.25) is 0 Å². The van der Waals surface area contributed by atoms with E-state index in [0.29, 0.717) is 11.1 Å². The van der Waals surface area contributed by atoms with Crippen LogP contribution in [-0.2, 0) is 0 Å². The predicted molar refractivity (Wildman–Crippen MR) is 66.0 cm³/mol. The smallest absolute Gasteiger partial charge is 0.128 e. The first-order valence-corrected chi connectivity index (χ1v) is 6.30. The van der Waals surface area contributed by atoms with Gasteiger partial charge in [-0.1, -0.05) is 11.6 Å². The van der Waals surface area contributed by atoms with E-state index in [1.165, 1.54) is 19.4 Å². The summed E-state index contributed by atoms with van der Waals surface area (Å²) in [7, 11) is 0. The van der Waals surface area contributed by atoms with E-state index in [1.54, 1.807) is 6.20 Å². The number of nitrogens with one attached hydrogen (secondary N) is 1. The second kappa shape index (κ2) is 4.22. The minimum atomic E-state index is 0.659. The van der Waals surface area contributed by atoms with Gasteiger partial charge in [0.25, 0.3) is 0 Å². The maximum atomic E-state index is 5.85. The van der Waals surface area contributed by atoms with Gasteiger partial charge in [0.15, 0.2) is 0 Å². The Morgan fingerprint density at radius 3 is 3.06 bits per heavy atom. The van der Waals surface area contributed by atoms with Crippen LogP contribution < -0.4 is 10.2 Å². The molecule has 0 aliphatic carbocycles. The number of pyridine rings is 1. The third kappa shape index (κ3) is 1.89. The molecule has 2 aliphatic rings. The normalized spacial score (nSPS) is 29.2. The predicted octanol–water partition coefficient (Wildman–Crippen LogP) is 1.92. The molecular weight excluding hydrogens is 222 g/mol. The largest absolute Gasteiger partial charge is 0.355 e. The fourth-order valence-electron chi connectivity index (χ4n) is 2.79. The summed E-state index contributed by atoms with van der Waals surface area (Å²) in [5.41, 5.74) is 0. The van der Waals surface area contributed by atoms with Gasteiger partial charge in [-0.2, -0.15) is 0 Å². The van der Waals surface area contributed by atoms with Crippen LogP contribution in [0.2, 0.25) is 5.02 Å². The topological polar surface area (TPSA) is 28.2 Å². The molecule has 3 heterocycles. The molecule has 16 heavy (non-hydrogen) atoms. The second-order valence-corrected chi connectivity index (χ2v) is 5.14. The average molecular weight is 238 g/mol. The molecule has 1 aromatic rings. The van der Waals surface area contributed by atoms with Crippen molar-refractivity contribution in [3.63, 3.8) is 0 Å². The Labute approximate surface area is 101 Å². The summed E-state index contributed by atoms with van der Waals surface area (Å²) in [5.74, 6) is 1.85.